The van der Waals surface area contributed by atoms with E-state index in [1.54, 1.807) is 0 Å². The maximum Gasteiger partial charge on any atom is 0.335 e. The van der Waals surface area contributed by atoms with Crippen molar-refractivity contribution in [3.05, 3.63) is 0 Å². The third-order valence-electron chi connectivity index (χ3n) is 6.33. The number of carboxylic acids is 1. The minimum absolute atomic E-state index is 0.669. The molecule has 38 heavy (non-hydrogen) atoms. The molecule has 19 nitrogen and oxygen atoms in total. The lowest BCUT2D eigenvalue weighted by atomic mass is 9.96. The van der Waals surface area contributed by atoms with Crippen molar-refractivity contribution in [2.45, 2.75) is 85.8 Å². The van der Waals surface area contributed by atoms with Crippen molar-refractivity contribution >= 4 is 16.3 Å². The normalized spacial score (nSPS) is 46.2. The van der Waals surface area contributed by atoms with Crippen LogP contribution in [0.3, 0.4) is 0 Å². The van der Waals surface area contributed by atoms with E-state index in [0.29, 0.717) is 0 Å². The van der Waals surface area contributed by atoms with Crippen molar-refractivity contribution in [2.24, 2.45) is 0 Å². The van der Waals surface area contributed by atoms with E-state index in [4.69, 9.17) is 28.2 Å². The van der Waals surface area contributed by atoms with Gasteiger partial charge in [-0.25, -0.2) is 4.79 Å². The lowest BCUT2D eigenvalue weighted by Crippen LogP contribution is -2.68. The van der Waals surface area contributed by atoms with E-state index >= 15 is 0 Å². The summed E-state index contributed by atoms with van der Waals surface area (Å²) in [5.74, 6) is -1.79. The molecule has 0 unspecified atom stereocenters. The van der Waals surface area contributed by atoms with Gasteiger partial charge in [-0.1, -0.05) is 0 Å². The number of aliphatic hydroxyl groups excluding tert-OH is 8. The predicted octanol–water partition coefficient (Wildman–Crippen LogP) is -7.40. The Bertz CT molecular complexity index is 906. The first-order valence-corrected chi connectivity index (χ1v) is 12.7. The zero-order valence-corrected chi connectivity index (χ0v) is 20.2. The molecule has 0 radical (unpaired) electrons. The molecule has 0 aromatic heterocycles. The standard InChI is InChI=1S/C18H31NO18S/c20-1-4-8(23)10(25)7(19-38(30,31)32)17(34-4)36-14-11(26)12(27)18(37-15(14)16(28)29)35-13-6(3-22)33-5(2-21)9(13)24/h4-15,17-27H,1-3H2,(H,28,29)(H,30,31,32)/t4-,5-,6-,7-,8-,9-,10-,11-,12-,13-,14+,15-,17-,18-/m1/s1. The summed E-state index contributed by atoms with van der Waals surface area (Å²) in [6, 6.07) is -2.00. The zero-order valence-electron chi connectivity index (χ0n) is 19.4. The molecule has 0 aromatic rings. The van der Waals surface area contributed by atoms with Crippen LogP contribution in [-0.2, 0) is 38.8 Å². The Balaban J connectivity index is 1.83. The molecule has 0 bridgehead atoms. The number of hydrogen-bond acceptors (Lipinski definition) is 16. The molecule has 3 aliphatic heterocycles. The molecule has 14 atom stereocenters. The summed E-state index contributed by atoms with van der Waals surface area (Å²) in [5, 5.41) is 89.7. The van der Waals surface area contributed by atoms with Gasteiger partial charge in [-0.05, 0) is 0 Å². The van der Waals surface area contributed by atoms with E-state index in [-0.39, 0.29) is 0 Å². The number of rotatable bonds is 10. The van der Waals surface area contributed by atoms with Crippen LogP contribution in [0.1, 0.15) is 0 Å². The molecule has 11 N–H and O–H groups in total. The fraction of sp³-hybridized carbons (Fsp3) is 0.944. The zero-order chi connectivity index (χ0) is 28.5. The van der Waals surface area contributed by atoms with Crippen molar-refractivity contribution in [3.63, 3.8) is 0 Å². The molecule has 3 aliphatic rings. The van der Waals surface area contributed by atoms with Crippen LogP contribution in [0.4, 0.5) is 0 Å². The molecule has 0 aliphatic carbocycles. The Kier molecular flexibility index (Phi) is 10.4. The highest BCUT2D eigenvalue weighted by Gasteiger charge is 2.55. The average molecular weight is 582 g/mol. The molecule has 0 spiro atoms. The van der Waals surface area contributed by atoms with Gasteiger partial charge in [0.15, 0.2) is 18.7 Å². The Hall–Kier alpha value is -1.18. The average Bonchev–Trinajstić information content (AvgIpc) is 3.16. The number of ether oxygens (including phenoxy) is 5. The summed E-state index contributed by atoms with van der Waals surface area (Å²) in [5.41, 5.74) is 0. The molecular weight excluding hydrogens is 550 g/mol. The first-order valence-electron chi connectivity index (χ1n) is 11.2. The van der Waals surface area contributed by atoms with Crippen LogP contribution in [0.25, 0.3) is 0 Å². The van der Waals surface area contributed by atoms with Gasteiger partial charge >= 0.3 is 16.3 Å². The number of nitrogens with one attached hydrogen (secondary N) is 1. The summed E-state index contributed by atoms with van der Waals surface area (Å²) >= 11 is 0. The second-order valence-corrected chi connectivity index (χ2v) is 10.0. The smallest absolute Gasteiger partial charge is 0.335 e. The predicted molar refractivity (Wildman–Crippen MR) is 113 cm³/mol. The largest absolute Gasteiger partial charge is 0.479 e. The van der Waals surface area contributed by atoms with Crippen molar-refractivity contribution < 1.29 is 87.4 Å². The lowest BCUT2D eigenvalue weighted by Gasteiger charge is -2.46. The van der Waals surface area contributed by atoms with Crippen molar-refractivity contribution in [2.75, 3.05) is 19.8 Å². The second kappa shape index (κ2) is 12.6. The van der Waals surface area contributed by atoms with Gasteiger partial charge in [-0.2, -0.15) is 13.1 Å². The quantitative estimate of drug-likeness (QED) is 0.107. The van der Waals surface area contributed by atoms with Crippen LogP contribution in [0.2, 0.25) is 0 Å². The van der Waals surface area contributed by atoms with E-state index in [9.17, 15) is 59.2 Å². The monoisotopic (exact) mass is 581 g/mol. The maximum atomic E-state index is 11.9. The first kappa shape index (κ1) is 31.3. The fourth-order valence-electron chi connectivity index (χ4n) is 4.39. The number of carboxylic acid groups (broad SMARTS) is 1. The molecule has 0 aromatic carbocycles. The van der Waals surface area contributed by atoms with Gasteiger partial charge in [0.05, 0.1) is 19.8 Å². The van der Waals surface area contributed by atoms with E-state index in [2.05, 4.69) is 0 Å². The van der Waals surface area contributed by atoms with Crippen LogP contribution in [0.5, 0.6) is 0 Å². The Labute approximate surface area is 214 Å². The van der Waals surface area contributed by atoms with Crippen LogP contribution >= 0.6 is 0 Å². The van der Waals surface area contributed by atoms with Gasteiger partial charge in [0.25, 0.3) is 0 Å². The van der Waals surface area contributed by atoms with Crippen LogP contribution in [0.15, 0.2) is 0 Å². The Morgan fingerprint density at radius 2 is 1.26 bits per heavy atom. The number of carbonyl (C=O) groups is 1. The van der Waals surface area contributed by atoms with E-state index in [1.807, 2.05) is 0 Å². The number of aliphatic hydroxyl groups is 8. The van der Waals surface area contributed by atoms with Crippen LogP contribution in [-0.4, -0.2) is 170 Å². The van der Waals surface area contributed by atoms with Crippen molar-refractivity contribution in [1.29, 1.82) is 0 Å². The SMILES string of the molecule is O=C(O)[C@@H]1O[C@@H](O[C@H]2[C@H](O)[C@@H](CO)O[C@@H]2CO)[C@H](O)[C@@H](O)[C@@H]1O[C@H]1O[C@H](CO)[C@@H](O)[C@H](O)[C@H]1NS(=O)(=O)O. The molecule has 3 saturated heterocycles. The minimum Gasteiger partial charge on any atom is -0.479 e. The molecule has 0 saturated carbocycles. The van der Waals surface area contributed by atoms with Gasteiger partial charge in [0, 0.05) is 0 Å². The second-order valence-electron chi connectivity index (χ2n) is 8.84. The molecule has 3 heterocycles. The summed E-state index contributed by atoms with van der Waals surface area (Å²) in [6.07, 6.45) is -23.5. The third kappa shape index (κ3) is 6.58. The highest BCUT2D eigenvalue weighted by molar-refractivity contribution is 7.83. The molecular formula is C18H31NO18S. The molecule has 222 valence electrons. The number of aliphatic carboxylic acids is 1. The third-order valence-corrected chi connectivity index (χ3v) is 6.90. The van der Waals surface area contributed by atoms with Crippen molar-refractivity contribution in [1.82, 2.24) is 4.72 Å². The highest BCUT2D eigenvalue weighted by Crippen LogP contribution is 2.32. The maximum absolute atomic E-state index is 11.9. The van der Waals surface area contributed by atoms with E-state index < -0.39 is 122 Å². The van der Waals surface area contributed by atoms with Crippen molar-refractivity contribution in [3.8, 4) is 0 Å². The fourth-order valence-corrected chi connectivity index (χ4v) is 4.98. The molecule has 3 fully saturated rings. The molecule has 0 amide bonds. The van der Waals surface area contributed by atoms with Gasteiger partial charge in [0.2, 0.25) is 0 Å². The summed E-state index contributed by atoms with van der Waals surface area (Å²) in [6.45, 7) is -2.30. The summed E-state index contributed by atoms with van der Waals surface area (Å²) in [7, 11) is -5.07. The van der Waals surface area contributed by atoms with Gasteiger partial charge in [-0.15, -0.1) is 0 Å². The highest BCUT2D eigenvalue weighted by atomic mass is 32.2. The van der Waals surface area contributed by atoms with E-state index in [1.165, 1.54) is 4.72 Å². The lowest BCUT2D eigenvalue weighted by molar-refractivity contribution is -0.348. The Morgan fingerprint density at radius 3 is 1.79 bits per heavy atom. The van der Waals surface area contributed by atoms with Gasteiger partial charge in [-0.3, -0.25) is 4.55 Å². The molecule has 3 rings (SSSR count). The summed E-state index contributed by atoms with van der Waals surface area (Å²) in [4.78, 5) is 11.9. The van der Waals surface area contributed by atoms with Gasteiger partial charge in [0.1, 0.15) is 67.1 Å². The first-order chi connectivity index (χ1) is 17.7. The minimum atomic E-state index is -5.07. The van der Waals surface area contributed by atoms with Crippen LogP contribution < -0.4 is 4.72 Å². The van der Waals surface area contributed by atoms with E-state index in [0.717, 1.165) is 0 Å². The topological polar surface area (TPSA) is 312 Å². The number of hydrogen-bond donors (Lipinski definition) is 11. The summed E-state index contributed by atoms with van der Waals surface area (Å²) < 4.78 is 59.8. The molecule has 20 heteroatoms. The van der Waals surface area contributed by atoms with Crippen LogP contribution in [0, 0.1) is 0 Å². The Morgan fingerprint density at radius 1 is 0.711 bits per heavy atom. The van der Waals surface area contributed by atoms with Gasteiger partial charge < -0.3 is 69.6 Å².